The smallest absolute Gasteiger partial charge is 0.407 e. The summed E-state index contributed by atoms with van der Waals surface area (Å²) in [6.45, 7) is -0.896. The summed E-state index contributed by atoms with van der Waals surface area (Å²) in [7, 11) is 0.944. The summed E-state index contributed by atoms with van der Waals surface area (Å²) in [6, 6.07) is 4.01. The number of aliphatic carboxylic acids is 3. The Hall–Kier alpha value is -7.59. The Morgan fingerprint density at radius 3 is 1.89 bits per heavy atom. The summed E-state index contributed by atoms with van der Waals surface area (Å²) in [6.07, 6.45) is -3.26. The van der Waals surface area contributed by atoms with E-state index >= 15 is 0 Å². The van der Waals surface area contributed by atoms with E-state index in [1.165, 1.54) is 12.1 Å². The van der Waals surface area contributed by atoms with Gasteiger partial charge < -0.3 is 62.7 Å². The van der Waals surface area contributed by atoms with E-state index < -0.39 is 128 Å². The molecule has 0 radical (unpaired) electrons. The third-order valence-electron chi connectivity index (χ3n) is 8.90. The highest BCUT2D eigenvalue weighted by atomic mass is 19.1. The van der Waals surface area contributed by atoms with Crippen LogP contribution < -0.4 is 37.6 Å². The molecule has 1 heterocycles. The minimum absolute atomic E-state index is 0.200. The van der Waals surface area contributed by atoms with Gasteiger partial charge in [0.05, 0.1) is 20.1 Å². The summed E-state index contributed by atoms with van der Waals surface area (Å²) in [5.74, 6) is -11.2. The molecule has 0 unspecified atom stereocenters. The normalized spacial score (nSPS) is 13.2. The number of halogens is 1. The van der Waals surface area contributed by atoms with Gasteiger partial charge in [0.15, 0.2) is 0 Å². The number of hydrogen-bond donors (Lipinski definition) is 11. The first kappa shape index (κ1) is 47.8. The quantitative estimate of drug-likeness (QED) is 0.0492. The van der Waals surface area contributed by atoms with Gasteiger partial charge in [-0.25, -0.2) is 9.18 Å². The number of aromatic nitrogens is 1. The van der Waals surface area contributed by atoms with Gasteiger partial charge in [-0.1, -0.05) is 30.3 Å². The number of carboxylic acids is 3. The Labute approximate surface area is 345 Å². The largest absolute Gasteiger partial charge is 0.481 e. The van der Waals surface area contributed by atoms with Crippen molar-refractivity contribution in [3.63, 3.8) is 0 Å². The molecule has 0 fully saturated rings. The molecule has 328 valence electrons. The van der Waals surface area contributed by atoms with E-state index in [2.05, 4.69) is 36.3 Å². The lowest BCUT2D eigenvalue weighted by atomic mass is 10.0. The minimum Gasteiger partial charge on any atom is -0.481 e. The average Bonchev–Trinajstić information content (AvgIpc) is 3.61. The van der Waals surface area contributed by atoms with Crippen LogP contribution in [0.2, 0.25) is 0 Å². The molecule has 23 heteroatoms. The van der Waals surface area contributed by atoms with Crippen LogP contribution in [-0.4, -0.2) is 124 Å². The molecule has 0 bridgehead atoms. The SMILES string of the molecule is COC(=O)N[C@H](CC(=O)O)C(=O)N[C@@H](CCC(=O)O)C(=O)NCC(=O)N[C@@H](Cc1cccc(F)c1)C(=O)N[C@@H](Cc1c[nH]c2ccccc12)C(=O)N[C@@H](CCC(=O)O)C(N)=O. The van der Waals surface area contributed by atoms with E-state index in [1.54, 1.807) is 30.5 Å². The van der Waals surface area contributed by atoms with Crippen molar-refractivity contribution >= 4 is 70.3 Å². The predicted molar refractivity (Wildman–Crippen MR) is 207 cm³/mol. The van der Waals surface area contributed by atoms with Crippen LogP contribution in [0.3, 0.4) is 0 Å². The number of nitrogens with two attached hydrogens (primary N) is 1. The Morgan fingerprint density at radius 1 is 0.689 bits per heavy atom. The van der Waals surface area contributed by atoms with Crippen molar-refractivity contribution in [2.24, 2.45) is 5.73 Å². The number of carboxylic acid groups (broad SMARTS) is 3. The van der Waals surface area contributed by atoms with Gasteiger partial charge in [-0.3, -0.25) is 43.2 Å². The lowest BCUT2D eigenvalue weighted by Crippen LogP contribution is -2.58. The van der Waals surface area contributed by atoms with Crippen molar-refractivity contribution in [3.05, 3.63) is 71.7 Å². The number of fused-ring (bicyclic) bond motifs is 1. The van der Waals surface area contributed by atoms with Gasteiger partial charge in [-0.2, -0.15) is 0 Å². The summed E-state index contributed by atoms with van der Waals surface area (Å²) in [5.41, 5.74) is 6.84. The van der Waals surface area contributed by atoms with Crippen LogP contribution in [0.4, 0.5) is 9.18 Å². The molecule has 5 atom stereocenters. The van der Waals surface area contributed by atoms with Gasteiger partial charge in [-0.05, 0) is 42.2 Å². The summed E-state index contributed by atoms with van der Waals surface area (Å²) >= 11 is 0. The second kappa shape index (κ2) is 23.1. The topological polar surface area (TPSA) is 355 Å². The van der Waals surface area contributed by atoms with Crippen LogP contribution in [-0.2, 0) is 60.7 Å². The van der Waals surface area contributed by atoms with E-state index in [1.807, 2.05) is 5.32 Å². The van der Waals surface area contributed by atoms with Gasteiger partial charge >= 0.3 is 24.0 Å². The fourth-order valence-corrected chi connectivity index (χ4v) is 5.87. The second-order valence-electron chi connectivity index (χ2n) is 13.5. The number of hydrogen-bond acceptors (Lipinski definition) is 11. The number of ether oxygens (including phenoxy) is 1. The fraction of sp³-hybridized carbons (Fsp3) is 0.368. The molecule has 0 aliphatic heterocycles. The molecule has 0 aliphatic carbocycles. The predicted octanol–water partition coefficient (Wildman–Crippen LogP) is -1.44. The van der Waals surface area contributed by atoms with Crippen LogP contribution in [0.5, 0.6) is 0 Å². The maximum atomic E-state index is 14.2. The number of carbonyl (C=O) groups is 10. The van der Waals surface area contributed by atoms with Gasteiger partial charge in [0.2, 0.25) is 35.4 Å². The fourth-order valence-electron chi connectivity index (χ4n) is 5.87. The molecule has 3 rings (SSSR count). The number of nitrogens with one attached hydrogen (secondary N) is 7. The molecule has 7 amide bonds. The highest BCUT2D eigenvalue weighted by Gasteiger charge is 2.32. The molecular weight excluding hydrogens is 811 g/mol. The third kappa shape index (κ3) is 15.9. The maximum Gasteiger partial charge on any atom is 0.407 e. The van der Waals surface area contributed by atoms with Crippen molar-refractivity contribution in [3.8, 4) is 0 Å². The average molecular weight is 857 g/mol. The van der Waals surface area contributed by atoms with Gasteiger partial charge in [0, 0.05) is 42.8 Å². The molecule has 0 aliphatic rings. The molecule has 3 aromatic rings. The van der Waals surface area contributed by atoms with Crippen molar-refractivity contribution in [2.75, 3.05) is 13.7 Å². The number of amides is 7. The van der Waals surface area contributed by atoms with E-state index in [-0.39, 0.29) is 24.8 Å². The van der Waals surface area contributed by atoms with Crippen LogP contribution in [0.1, 0.15) is 43.2 Å². The van der Waals surface area contributed by atoms with E-state index in [0.717, 1.165) is 19.2 Å². The Kier molecular flexibility index (Phi) is 18.1. The van der Waals surface area contributed by atoms with E-state index in [4.69, 9.17) is 10.8 Å². The monoisotopic (exact) mass is 856 g/mol. The van der Waals surface area contributed by atoms with Crippen molar-refractivity contribution < 1.29 is 72.4 Å². The molecule has 1 aromatic heterocycles. The number of carbonyl (C=O) groups excluding carboxylic acids is 7. The number of alkyl carbamates (subject to hydrolysis) is 1. The zero-order valence-corrected chi connectivity index (χ0v) is 32.5. The first-order chi connectivity index (χ1) is 28.9. The number of para-hydroxylation sites is 1. The summed E-state index contributed by atoms with van der Waals surface area (Å²) in [4.78, 5) is 128. The zero-order chi connectivity index (χ0) is 45.2. The molecule has 61 heavy (non-hydrogen) atoms. The zero-order valence-electron chi connectivity index (χ0n) is 32.5. The van der Waals surface area contributed by atoms with Crippen molar-refractivity contribution in [1.82, 2.24) is 36.9 Å². The number of rotatable bonds is 24. The van der Waals surface area contributed by atoms with Crippen LogP contribution >= 0.6 is 0 Å². The van der Waals surface area contributed by atoms with Crippen LogP contribution in [0, 0.1) is 5.82 Å². The lowest BCUT2D eigenvalue weighted by Gasteiger charge is -2.25. The summed E-state index contributed by atoms with van der Waals surface area (Å²) in [5, 5.41) is 41.8. The number of H-pyrrole nitrogens is 1. The first-order valence-corrected chi connectivity index (χ1v) is 18.4. The molecule has 0 saturated heterocycles. The Balaban J connectivity index is 1.86. The molecule has 0 spiro atoms. The lowest BCUT2D eigenvalue weighted by molar-refractivity contribution is -0.140. The maximum absolute atomic E-state index is 14.2. The van der Waals surface area contributed by atoms with Gasteiger partial charge in [0.1, 0.15) is 36.0 Å². The first-order valence-electron chi connectivity index (χ1n) is 18.4. The highest BCUT2D eigenvalue weighted by Crippen LogP contribution is 2.20. The molecule has 12 N–H and O–H groups in total. The Morgan fingerprint density at radius 2 is 1.28 bits per heavy atom. The molecular formula is C38H45FN8O14. The summed E-state index contributed by atoms with van der Waals surface area (Å²) < 4.78 is 18.6. The number of primary amides is 1. The third-order valence-corrected chi connectivity index (χ3v) is 8.90. The standard InChI is InChI=1S/C38H45FN8O14/c1-61-38(60)47-28(16-32(53)54)37(59)45-25(10-12-31(51)52)34(56)42-18-29(48)43-26(14-19-5-4-6-21(39)13-19)35(57)46-27(15-20-17-41-23-8-3-2-7-22(20)23)36(58)44-24(33(40)55)9-11-30(49)50/h2-8,13,17,24-28,41H,9-12,14-16,18H2,1H3,(H2,40,55)(H,42,56)(H,43,48)(H,44,58)(H,45,59)(H,46,57)(H,47,60)(H,49,50)(H,51,52)(H,53,54)/t24-,25-,26-,27-,28+/m0/s1. The van der Waals surface area contributed by atoms with Crippen LogP contribution in [0.15, 0.2) is 54.7 Å². The van der Waals surface area contributed by atoms with E-state index in [9.17, 15) is 62.5 Å². The van der Waals surface area contributed by atoms with E-state index in [0.29, 0.717) is 16.5 Å². The molecule has 2 aromatic carbocycles. The Bertz CT molecular complexity index is 2130. The molecule has 0 saturated carbocycles. The van der Waals surface area contributed by atoms with Gasteiger partial charge in [0.25, 0.3) is 0 Å². The minimum atomic E-state index is -1.76. The molecule has 22 nitrogen and oxygen atoms in total. The highest BCUT2D eigenvalue weighted by molar-refractivity contribution is 5.97. The van der Waals surface area contributed by atoms with Crippen molar-refractivity contribution in [2.45, 2.75) is 75.2 Å². The van der Waals surface area contributed by atoms with Gasteiger partial charge in [-0.15, -0.1) is 0 Å². The number of methoxy groups -OCH3 is 1. The number of aromatic amines is 1. The number of benzene rings is 2. The van der Waals surface area contributed by atoms with Crippen LogP contribution in [0.25, 0.3) is 10.9 Å². The van der Waals surface area contributed by atoms with Crippen molar-refractivity contribution in [1.29, 1.82) is 0 Å². The second-order valence-corrected chi connectivity index (χ2v) is 13.5.